The summed E-state index contributed by atoms with van der Waals surface area (Å²) >= 11 is 0. The second-order valence-electron chi connectivity index (χ2n) is 4.97. The average Bonchev–Trinajstić information content (AvgIpc) is 2.84. The highest BCUT2D eigenvalue weighted by molar-refractivity contribution is 4.93. The molecule has 6 heteroatoms. The highest BCUT2D eigenvalue weighted by Gasteiger charge is 2.28. The second kappa shape index (κ2) is 6.98. The lowest BCUT2D eigenvalue weighted by molar-refractivity contribution is -0.0449. The molecule has 19 heavy (non-hydrogen) atoms. The number of aromatic nitrogens is 3. The maximum absolute atomic E-state index is 5.95. The van der Waals surface area contributed by atoms with Crippen molar-refractivity contribution in [2.75, 3.05) is 32.8 Å². The van der Waals surface area contributed by atoms with Crippen molar-refractivity contribution in [3.63, 3.8) is 0 Å². The highest BCUT2D eigenvalue weighted by atomic mass is 16.5. The molecule has 1 aliphatic heterocycles. The van der Waals surface area contributed by atoms with Gasteiger partial charge in [-0.3, -0.25) is 9.58 Å². The SMILES string of the molecule is CCNC(Cc1ncnn1C)C1CN(CC)CCO1. The van der Waals surface area contributed by atoms with Crippen LogP contribution in [0.25, 0.3) is 0 Å². The van der Waals surface area contributed by atoms with Crippen LogP contribution in [-0.2, 0) is 18.2 Å². The third-order valence-electron chi connectivity index (χ3n) is 3.75. The molecular formula is C13H25N5O. The van der Waals surface area contributed by atoms with Gasteiger partial charge in [-0.1, -0.05) is 13.8 Å². The third kappa shape index (κ3) is 3.75. The lowest BCUT2D eigenvalue weighted by Crippen LogP contribution is -2.53. The summed E-state index contributed by atoms with van der Waals surface area (Å²) in [5, 5.41) is 7.66. The Morgan fingerprint density at radius 3 is 3.00 bits per heavy atom. The van der Waals surface area contributed by atoms with Gasteiger partial charge in [-0.05, 0) is 13.1 Å². The zero-order valence-electron chi connectivity index (χ0n) is 12.2. The number of morpholine rings is 1. The van der Waals surface area contributed by atoms with E-state index in [1.165, 1.54) is 0 Å². The Morgan fingerprint density at radius 2 is 2.37 bits per heavy atom. The molecule has 2 atom stereocenters. The minimum Gasteiger partial charge on any atom is -0.374 e. The minimum atomic E-state index is 0.227. The van der Waals surface area contributed by atoms with Gasteiger partial charge in [0.2, 0.25) is 0 Å². The maximum Gasteiger partial charge on any atom is 0.138 e. The largest absolute Gasteiger partial charge is 0.374 e. The number of nitrogens with zero attached hydrogens (tertiary/aromatic N) is 4. The molecule has 0 radical (unpaired) electrons. The molecule has 2 heterocycles. The molecular weight excluding hydrogens is 242 g/mol. The van der Waals surface area contributed by atoms with Gasteiger partial charge < -0.3 is 10.1 Å². The maximum atomic E-state index is 5.95. The summed E-state index contributed by atoms with van der Waals surface area (Å²) in [6, 6.07) is 0.294. The number of nitrogens with one attached hydrogen (secondary N) is 1. The summed E-state index contributed by atoms with van der Waals surface area (Å²) in [7, 11) is 1.94. The van der Waals surface area contributed by atoms with E-state index in [4.69, 9.17) is 4.74 Å². The van der Waals surface area contributed by atoms with Crippen LogP contribution in [0.15, 0.2) is 6.33 Å². The molecule has 1 aromatic rings. The Kier molecular flexibility index (Phi) is 5.30. The van der Waals surface area contributed by atoms with E-state index in [0.29, 0.717) is 6.04 Å². The average molecular weight is 267 g/mol. The van der Waals surface area contributed by atoms with Crippen LogP contribution in [0.5, 0.6) is 0 Å². The Labute approximate surface area is 115 Å². The van der Waals surface area contributed by atoms with Gasteiger partial charge in [0, 0.05) is 32.6 Å². The van der Waals surface area contributed by atoms with Crippen molar-refractivity contribution in [2.45, 2.75) is 32.4 Å². The summed E-state index contributed by atoms with van der Waals surface area (Å²) in [5.41, 5.74) is 0. The fraction of sp³-hybridized carbons (Fsp3) is 0.846. The fourth-order valence-electron chi connectivity index (χ4n) is 2.56. The van der Waals surface area contributed by atoms with Crippen LogP contribution in [0.2, 0.25) is 0 Å². The van der Waals surface area contributed by atoms with Crippen molar-refractivity contribution in [1.29, 1.82) is 0 Å². The summed E-state index contributed by atoms with van der Waals surface area (Å²) in [6.45, 7) is 9.20. The van der Waals surface area contributed by atoms with Gasteiger partial charge in [-0.25, -0.2) is 4.98 Å². The van der Waals surface area contributed by atoms with Crippen LogP contribution in [0.1, 0.15) is 19.7 Å². The number of hydrogen-bond acceptors (Lipinski definition) is 5. The summed E-state index contributed by atoms with van der Waals surface area (Å²) in [6.07, 6.45) is 2.69. The normalized spacial score (nSPS) is 22.6. The van der Waals surface area contributed by atoms with Crippen LogP contribution in [0, 0.1) is 0 Å². The number of rotatable bonds is 6. The third-order valence-corrected chi connectivity index (χ3v) is 3.75. The monoisotopic (exact) mass is 267 g/mol. The minimum absolute atomic E-state index is 0.227. The van der Waals surface area contributed by atoms with Crippen molar-refractivity contribution < 1.29 is 4.74 Å². The molecule has 2 unspecified atom stereocenters. The molecule has 0 saturated carbocycles. The van der Waals surface area contributed by atoms with Crippen LogP contribution in [0.4, 0.5) is 0 Å². The first-order valence-electron chi connectivity index (χ1n) is 7.14. The molecule has 2 rings (SSSR count). The Morgan fingerprint density at radius 1 is 1.53 bits per heavy atom. The smallest absolute Gasteiger partial charge is 0.138 e. The predicted molar refractivity (Wildman–Crippen MR) is 74.0 cm³/mol. The molecule has 0 amide bonds. The van der Waals surface area contributed by atoms with Crippen LogP contribution in [0.3, 0.4) is 0 Å². The number of aryl methyl sites for hydroxylation is 1. The van der Waals surface area contributed by atoms with Gasteiger partial charge in [-0.15, -0.1) is 0 Å². The Hall–Kier alpha value is -0.980. The van der Waals surface area contributed by atoms with E-state index in [1.807, 2.05) is 11.7 Å². The van der Waals surface area contributed by atoms with Gasteiger partial charge in [-0.2, -0.15) is 5.10 Å². The zero-order chi connectivity index (χ0) is 13.7. The van der Waals surface area contributed by atoms with E-state index in [1.54, 1.807) is 6.33 Å². The van der Waals surface area contributed by atoms with Crippen molar-refractivity contribution in [1.82, 2.24) is 25.0 Å². The van der Waals surface area contributed by atoms with Gasteiger partial charge in [0.25, 0.3) is 0 Å². The van der Waals surface area contributed by atoms with E-state index in [2.05, 4.69) is 34.1 Å². The number of likely N-dealkylation sites (N-methyl/N-ethyl adjacent to an activating group) is 2. The van der Waals surface area contributed by atoms with E-state index in [-0.39, 0.29) is 6.10 Å². The molecule has 1 saturated heterocycles. The van der Waals surface area contributed by atoms with Crippen LogP contribution < -0.4 is 5.32 Å². The molecule has 1 aliphatic rings. The Balaban J connectivity index is 2.00. The summed E-state index contributed by atoms with van der Waals surface area (Å²) in [5.74, 6) is 1.00. The van der Waals surface area contributed by atoms with Crippen molar-refractivity contribution in [3.05, 3.63) is 12.2 Å². The van der Waals surface area contributed by atoms with Gasteiger partial charge in [0.05, 0.1) is 12.7 Å². The molecule has 1 fully saturated rings. The van der Waals surface area contributed by atoms with Crippen molar-refractivity contribution in [2.24, 2.45) is 7.05 Å². The quantitative estimate of drug-likeness (QED) is 0.790. The zero-order valence-corrected chi connectivity index (χ0v) is 12.2. The molecule has 0 aromatic carbocycles. The molecule has 0 aliphatic carbocycles. The lowest BCUT2D eigenvalue weighted by atomic mass is 10.0. The molecule has 0 bridgehead atoms. The van der Waals surface area contributed by atoms with Crippen molar-refractivity contribution in [3.8, 4) is 0 Å². The van der Waals surface area contributed by atoms with Crippen LogP contribution in [-0.4, -0.2) is 64.6 Å². The highest BCUT2D eigenvalue weighted by Crippen LogP contribution is 2.12. The van der Waals surface area contributed by atoms with E-state index < -0.39 is 0 Å². The second-order valence-corrected chi connectivity index (χ2v) is 4.97. The van der Waals surface area contributed by atoms with Gasteiger partial charge in [0.15, 0.2) is 0 Å². The van der Waals surface area contributed by atoms with E-state index in [9.17, 15) is 0 Å². The first-order chi connectivity index (χ1) is 9.24. The van der Waals surface area contributed by atoms with E-state index >= 15 is 0 Å². The first-order valence-corrected chi connectivity index (χ1v) is 7.14. The molecule has 1 aromatic heterocycles. The molecule has 0 spiro atoms. The predicted octanol–water partition coefficient (Wildman–Crippen LogP) is 0.0564. The lowest BCUT2D eigenvalue weighted by Gasteiger charge is -2.36. The topological polar surface area (TPSA) is 55.2 Å². The first kappa shape index (κ1) is 14.4. The standard InChI is InChI=1S/C13H25N5O/c1-4-14-11(8-13-15-10-16-17(13)3)12-9-18(5-2)6-7-19-12/h10-12,14H,4-9H2,1-3H3. The van der Waals surface area contributed by atoms with E-state index in [0.717, 1.165) is 45.0 Å². The molecule has 6 nitrogen and oxygen atoms in total. The summed E-state index contributed by atoms with van der Waals surface area (Å²) < 4.78 is 7.79. The van der Waals surface area contributed by atoms with Crippen LogP contribution >= 0.6 is 0 Å². The number of hydrogen-bond donors (Lipinski definition) is 1. The molecule has 1 N–H and O–H groups in total. The summed E-state index contributed by atoms with van der Waals surface area (Å²) in [4.78, 5) is 6.75. The van der Waals surface area contributed by atoms with Crippen molar-refractivity contribution >= 4 is 0 Å². The molecule has 108 valence electrons. The number of ether oxygens (including phenoxy) is 1. The van der Waals surface area contributed by atoms with Gasteiger partial charge >= 0.3 is 0 Å². The fourth-order valence-corrected chi connectivity index (χ4v) is 2.56. The van der Waals surface area contributed by atoms with Gasteiger partial charge in [0.1, 0.15) is 12.2 Å². The Bertz CT molecular complexity index is 381.